The molecule has 5 heteroatoms. The van der Waals surface area contributed by atoms with Crippen LogP contribution in [-0.4, -0.2) is 20.4 Å². The summed E-state index contributed by atoms with van der Waals surface area (Å²) in [7, 11) is -3.38. The Labute approximate surface area is 172 Å². The van der Waals surface area contributed by atoms with Gasteiger partial charge in [-0.3, -0.25) is 4.79 Å². The average Bonchev–Trinajstić information content (AvgIpc) is 3.42. The highest BCUT2D eigenvalue weighted by Gasteiger charge is 2.54. The first kappa shape index (κ1) is 18.9. The highest BCUT2D eigenvalue weighted by atomic mass is 32.2. The van der Waals surface area contributed by atoms with Gasteiger partial charge in [-0.1, -0.05) is 36.8 Å². The third kappa shape index (κ3) is 3.50. The number of hydrogen-bond donors (Lipinski definition) is 1. The van der Waals surface area contributed by atoms with Crippen LogP contribution in [0.15, 0.2) is 59.5 Å². The van der Waals surface area contributed by atoms with Crippen LogP contribution in [0.2, 0.25) is 0 Å². The predicted molar refractivity (Wildman–Crippen MR) is 112 cm³/mol. The minimum Gasteiger partial charge on any atom is -0.349 e. The SMILES string of the molecule is O=C(N[C@@H]1C[C@H]2C[C@H]1[C@@H]1CCC[C@H]21)c1ccc(CS(=O)(=O)c2ccccc2)cc1. The lowest BCUT2D eigenvalue weighted by molar-refractivity contribution is 0.0901. The van der Waals surface area contributed by atoms with Gasteiger partial charge in [0.15, 0.2) is 9.84 Å². The zero-order valence-corrected chi connectivity index (χ0v) is 17.3. The molecule has 0 heterocycles. The molecule has 3 saturated carbocycles. The van der Waals surface area contributed by atoms with Crippen molar-refractivity contribution in [1.82, 2.24) is 5.32 Å². The van der Waals surface area contributed by atoms with Crippen molar-refractivity contribution < 1.29 is 13.2 Å². The fraction of sp³-hybridized carbons (Fsp3) is 0.458. The number of benzene rings is 2. The maximum atomic E-state index is 12.8. The molecule has 5 atom stereocenters. The van der Waals surface area contributed by atoms with E-state index < -0.39 is 9.84 Å². The highest BCUT2D eigenvalue weighted by molar-refractivity contribution is 7.90. The Hall–Kier alpha value is -2.14. The summed E-state index contributed by atoms with van der Waals surface area (Å²) >= 11 is 0. The molecule has 0 saturated heterocycles. The lowest BCUT2D eigenvalue weighted by Crippen LogP contribution is -2.42. The first-order chi connectivity index (χ1) is 14.0. The van der Waals surface area contributed by atoms with Gasteiger partial charge in [-0.2, -0.15) is 0 Å². The molecular weight excluding hydrogens is 382 g/mol. The van der Waals surface area contributed by atoms with E-state index in [0.29, 0.717) is 28.0 Å². The molecule has 2 aromatic rings. The topological polar surface area (TPSA) is 63.2 Å². The smallest absolute Gasteiger partial charge is 0.251 e. The van der Waals surface area contributed by atoms with Crippen LogP contribution in [0.1, 0.15) is 48.0 Å². The summed E-state index contributed by atoms with van der Waals surface area (Å²) in [6.45, 7) is 0. The summed E-state index contributed by atoms with van der Waals surface area (Å²) in [5.74, 6) is 3.11. The number of hydrogen-bond acceptors (Lipinski definition) is 3. The zero-order chi connectivity index (χ0) is 20.0. The predicted octanol–water partition coefficient (Wildman–Crippen LogP) is 4.22. The lowest BCUT2D eigenvalue weighted by Gasteiger charge is -2.32. The summed E-state index contributed by atoms with van der Waals surface area (Å²) in [4.78, 5) is 13.1. The van der Waals surface area contributed by atoms with Gasteiger partial charge in [0.25, 0.3) is 5.91 Å². The molecule has 3 fully saturated rings. The summed E-state index contributed by atoms with van der Waals surface area (Å²) < 4.78 is 25.1. The van der Waals surface area contributed by atoms with E-state index in [-0.39, 0.29) is 11.7 Å². The van der Waals surface area contributed by atoms with Crippen LogP contribution in [0.4, 0.5) is 0 Å². The number of carbonyl (C=O) groups is 1. The fourth-order valence-corrected chi connectivity index (χ4v) is 7.54. The number of sulfone groups is 1. The number of carbonyl (C=O) groups excluding carboxylic acids is 1. The van der Waals surface area contributed by atoms with E-state index in [9.17, 15) is 13.2 Å². The van der Waals surface area contributed by atoms with E-state index in [0.717, 1.165) is 24.2 Å². The van der Waals surface area contributed by atoms with E-state index in [1.165, 1.54) is 25.7 Å². The molecular formula is C24H27NO3S. The van der Waals surface area contributed by atoms with E-state index in [2.05, 4.69) is 5.32 Å². The summed E-state index contributed by atoms with van der Waals surface area (Å²) in [5, 5.41) is 3.28. The maximum Gasteiger partial charge on any atom is 0.251 e. The van der Waals surface area contributed by atoms with Crippen LogP contribution in [0, 0.1) is 23.7 Å². The molecule has 29 heavy (non-hydrogen) atoms. The fourth-order valence-electron chi connectivity index (χ4n) is 6.17. The average molecular weight is 410 g/mol. The van der Waals surface area contributed by atoms with Gasteiger partial charge in [0.2, 0.25) is 0 Å². The van der Waals surface area contributed by atoms with E-state index in [4.69, 9.17) is 0 Å². The minimum atomic E-state index is -3.38. The molecule has 3 aliphatic rings. The van der Waals surface area contributed by atoms with Gasteiger partial charge in [0.1, 0.15) is 0 Å². The van der Waals surface area contributed by atoms with Crippen molar-refractivity contribution in [3.05, 3.63) is 65.7 Å². The van der Waals surface area contributed by atoms with Crippen molar-refractivity contribution in [3.63, 3.8) is 0 Å². The molecule has 0 unspecified atom stereocenters. The van der Waals surface area contributed by atoms with Crippen LogP contribution in [0.3, 0.4) is 0 Å². The summed E-state index contributed by atoms with van der Waals surface area (Å²) in [6.07, 6.45) is 6.50. The second kappa shape index (κ2) is 7.28. The van der Waals surface area contributed by atoms with E-state index in [1.807, 2.05) is 0 Å². The third-order valence-corrected chi connectivity index (χ3v) is 9.12. The van der Waals surface area contributed by atoms with Crippen molar-refractivity contribution in [2.75, 3.05) is 0 Å². The molecule has 5 rings (SSSR count). The van der Waals surface area contributed by atoms with Crippen molar-refractivity contribution in [2.45, 2.75) is 48.8 Å². The lowest BCUT2D eigenvalue weighted by atomic mass is 9.79. The van der Waals surface area contributed by atoms with Gasteiger partial charge in [0, 0.05) is 11.6 Å². The molecule has 0 aromatic heterocycles. The molecule has 152 valence electrons. The Bertz CT molecular complexity index is 1000. The number of amides is 1. The third-order valence-electron chi connectivity index (χ3n) is 7.42. The van der Waals surface area contributed by atoms with Crippen LogP contribution < -0.4 is 5.32 Å². The Balaban J connectivity index is 1.23. The Morgan fingerprint density at radius 2 is 1.62 bits per heavy atom. The quantitative estimate of drug-likeness (QED) is 0.804. The summed E-state index contributed by atoms with van der Waals surface area (Å²) in [5.41, 5.74) is 1.30. The molecule has 4 nitrogen and oxygen atoms in total. The molecule has 2 aromatic carbocycles. The number of nitrogens with one attached hydrogen (secondary N) is 1. The standard InChI is InChI=1S/C24H27NO3S/c26-24(25-23-14-18-13-22(23)21-8-4-7-20(18)21)17-11-9-16(10-12-17)15-29(27,28)19-5-2-1-3-6-19/h1-3,5-6,9-12,18,20-23H,4,7-8,13-15H2,(H,25,26)/t18-,20-,21-,22+,23-/m1/s1. The maximum absolute atomic E-state index is 12.8. The van der Waals surface area contributed by atoms with Crippen molar-refractivity contribution in [2.24, 2.45) is 23.7 Å². The largest absolute Gasteiger partial charge is 0.349 e. The normalized spacial score (nSPS) is 30.3. The molecule has 0 aliphatic heterocycles. The monoisotopic (exact) mass is 409 g/mol. The van der Waals surface area contributed by atoms with Gasteiger partial charge < -0.3 is 5.32 Å². The van der Waals surface area contributed by atoms with Gasteiger partial charge in [-0.25, -0.2) is 8.42 Å². The zero-order valence-electron chi connectivity index (χ0n) is 16.5. The van der Waals surface area contributed by atoms with Gasteiger partial charge >= 0.3 is 0 Å². The molecule has 1 amide bonds. The second-order valence-electron chi connectivity index (χ2n) is 9.00. The highest BCUT2D eigenvalue weighted by Crippen LogP contribution is 2.58. The molecule has 2 bridgehead atoms. The van der Waals surface area contributed by atoms with Crippen LogP contribution in [0.5, 0.6) is 0 Å². The van der Waals surface area contributed by atoms with Gasteiger partial charge in [0.05, 0.1) is 10.6 Å². The number of fused-ring (bicyclic) bond motifs is 5. The Morgan fingerprint density at radius 3 is 2.38 bits per heavy atom. The number of rotatable bonds is 5. The van der Waals surface area contributed by atoms with Crippen LogP contribution in [0.25, 0.3) is 0 Å². The van der Waals surface area contributed by atoms with Crippen molar-refractivity contribution in [3.8, 4) is 0 Å². The minimum absolute atomic E-state index is 0.0328. The molecule has 1 N–H and O–H groups in total. The molecule has 3 aliphatic carbocycles. The van der Waals surface area contributed by atoms with Gasteiger partial charge in [-0.05, 0) is 79.2 Å². The van der Waals surface area contributed by atoms with E-state index >= 15 is 0 Å². The van der Waals surface area contributed by atoms with Gasteiger partial charge in [-0.15, -0.1) is 0 Å². The van der Waals surface area contributed by atoms with Crippen LogP contribution in [-0.2, 0) is 15.6 Å². The Kier molecular flexibility index (Phi) is 4.73. The van der Waals surface area contributed by atoms with Crippen molar-refractivity contribution >= 4 is 15.7 Å². The first-order valence-corrected chi connectivity index (χ1v) is 12.3. The second-order valence-corrected chi connectivity index (χ2v) is 11.0. The molecule has 0 spiro atoms. The van der Waals surface area contributed by atoms with Crippen molar-refractivity contribution in [1.29, 1.82) is 0 Å². The molecule has 0 radical (unpaired) electrons. The van der Waals surface area contributed by atoms with Crippen LogP contribution >= 0.6 is 0 Å². The van der Waals surface area contributed by atoms with E-state index in [1.54, 1.807) is 54.6 Å². The summed E-state index contributed by atoms with van der Waals surface area (Å²) in [6, 6.07) is 15.8. The Morgan fingerprint density at radius 1 is 0.897 bits per heavy atom. The first-order valence-electron chi connectivity index (χ1n) is 10.7.